The van der Waals surface area contributed by atoms with Gasteiger partial charge in [0.25, 0.3) is 0 Å². The summed E-state index contributed by atoms with van der Waals surface area (Å²) in [5.74, 6) is 0.786. The number of para-hydroxylation sites is 1. The molecule has 4 rings (SSSR count). The van der Waals surface area contributed by atoms with Gasteiger partial charge in [-0.15, -0.1) is 0 Å². The van der Waals surface area contributed by atoms with Crippen LogP contribution in [0.2, 0.25) is 0 Å². The molecule has 0 saturated heterocycles. The minimum Gasteiger partial charge on any atom is -0.245 e. The number of nitrogens with zero attached hydrogens (tertiary/aromatic N) is 5. The minimum atomic E-state index is 0.786. The molecule has 0 radical (unpaired) electrons. The molecule has 5 nitrogen and oxygen atoms in total. The van der Waals surface area contributed by atoms with Gasteiger partial charge in [0.05, 0.1) is 17.4 Å². The normalized spacial score (nSPS) is 10.9. The molecule has 0 amide bonds. The molecule has 0 bridgehead atoms. The van der Waals surface area contributed by atoms with Crippen LogP contribution in [0.3, 0.4) is 0 Å². The van der Waals surface area contributed by atoms with Crippen LogP contribution >= 0.6 is 0 Å². The first-order valence-corrected chi connectivity index (χ1v) is 6.57. The Balaban J connectivity index is 1.77. The molecule has 0 N–H and O–H groups in total. The summed E-state index contributed by atoms with van der Waals surface area (Å²) in [5.41, 5.74) is 2.73. The van der Waals surface area contributed by atoms with Crippen LogP contribution in [0.25, 0.3) is 28.0 Å². The van der Waals surface area contributed by atoms with Gasteiger partial charge in [0.1, 0.15) is 6.33 Å². The van der Waals surface area contributed by atoms with Crippen LogP contribution in [0, 0.1) is 0 Å². The Morgan fingerprint density at radius 1 is 0.952 bits per heavy atom. The van der Waals surface area contributed by atoms with Gasteiger partial charge >= 0.3 is 0 Å². The number of hydrogen-bond acceptors (Lipinski definition) is 4. The van der Waals surface area contributed by atoms with E-state index in [0.29, 0.717) is 0 Å². The Bertz CT molecular complexity index is 899. The van der Waals surface area contributed by atoms with Crippen molar-refractivity contribution in [1.82, 2.24) is 24.7 Å². The molecule has 4 aromatic rings. The van der Waals surface area contributed by atoms with Gasteiger partial charge in [-0.2, -0.15) is 5.10 Å². The maximum Gasteiger partial charge on any atom is 0.154 e. The van der Waals surface area contributed by atoms with E-state index in [1.165, 1.54) is 6.33 Å². The molecule has 0 unspecified atom stereocenters. The quantitative estimate of drug-likeness (QED) is 0.563. The van der Waals surface area contributed by atoms with Crippen LogP contribution in [0.1, 0.15) is 0 Å². The second-order valence-corrected chi connectivity index (χ2v) is 4.63. The predicted octanol–water partition coefficient (Wildman–Crippen LogP) is 2.88. The summed E-state index contributed by atoms with van der Waals surface area (Å²) >= 11 is 0. The highest BCUT2D eigenvalue weighted by Crippen LogP contribution is 2.18. The molecule has 0 spiro atoms. The highest BCUT2D eigenvalue weighted by Gasteiger charge is 2.05. The van der Waals surface area contributed by atoms with Crippen LogP contribution in [-0.4, -0.2) is 24.7 Å². The van der Waals surface area contributed by atoms with Crippen molar-refractivity contribution in [2.75, 3.05) is 0 Å². The Kier molecular flexibility index (Phi) is 2.67. The molecule has 3 heterocycles. The standard InChI is InChI=1S/C16H11N5/c1-2-4-15-12(3-1)5-6-16(20-15)21-10-13(9-19-21)14-7-8-17-11-18-14/h1-11H. The fraction of sp³-hybridized carbons (Fsp3) is 0. The third-order valence-electron chi connectivity index (χ3n) is 3.28. The molecule has 100 valence electrons. The van der Waals surface area contributed by atoms with Crippen LogP contribution in [0.15, 0.2) is 67.4 Å². The number of pyridine rings is 1. The van der Waals surface area contributed by atoms with Crippen molar-refractivity contribution in [3.63, 3.8) is 0 Å². The zero-order valence-corrected chi connectivity index (χ0v) is 11.1. The number of fused-ring (bicyclic) bond motifs is 1. The largest absolute Gasteiger partial charge is 0.245 e. The molecule has 21 heavy (non-hydrogen) atoms. The van der Waals surface area contributed by atoms with Gasteiger partial charge in [0, 0.05) is 23.3 Å². The predicted molar refractivity (Wildman–Crippen MR) is 79.9 cm³/mol. The van der Waals surface area contributed by atoms with E-state index in [2.05, 4.69) is 20.1 Å². The number of aromatic nitrogens is 5. The smallest absolute Gasteiger partial charge is 0.154 e. The van der Waals surface area contributed by atoms with Gasteiger partial charge in [0.15, 0.2) is 5.82 Å². The third-order valence-corrected chi connectivity index (χ3v) is 3.28. The molecule has 3 aromatic heterocycles. The maximum absolute atomic E-state index is 4.62. The molecule has 1 aromatic carbocycles. The summed E-state index contributed by atoms with van der Waals surface area (Å²) in [5, 5.41) is 5.48. The van der Waals surface area contributed by atoms with Crippen molar-refractivity contribution in [3.8, 4) is 17.1 Å². The topological polar surface area (TPSA) is 56.5 Å². The average molecular weight is 273 g/mol. The lowest BCUT2D eigenvalue weighted by Crippen LogP contribution is -1.97. The fourth-order valence-electron chi connectivity index (χ4n) is 2.22. The molecular weight excluding hydrogens is 262 g/mol. The Morgan fingerprint density at radius 2 is 1.90 bits per heavy atom. The van der Waals surface area contributed by atoms with E-state index in [0.717, 1.165) is 28.0 Å². The zero-order valence-electron chi connectivity index (χ0n) is 11.1. The monoisotopic (exact) mass is 273 g/mol. The summed E-state index contributed by atoms with van der Waals surface area (Å²) in [4.78, 5) is 12.8. The van der Waals surface area contributed by atoms with E-state index in [4.69, 9.17) is 0 Å². The maximum atomic E-state index is 4.62. The van der Waals surface area contributed by atoms with Crippen molar-refractivity contribution in [3.05, 3.63) is 67.4 Å². The van der Waals surface area contributed by atoms with Crippen molar-refractivity contribution in [1.29, 1.82) is 0 Å². The molecule has 0 fully saturated rings. The summed E-state index contributed by atoms with van der Waals surface area (Å²) in [6, 6.07) is 13.9. The first-order valence-electron chi connectivity index (χ1n) is 6.57. The van der Waals surface area contributed by atoms with Gasteiger partial charge in [-0.3, -0.25) is 0 Å². The van der Waals surface area contributed by atoms with Crippen molar-refractivity contribution in [2.45, 2.75) is 0 Å². The van der Waals surface area contributed by atoms with Gasteiger partial charge in [0.2, 0.25) is 0 Å². The highest BCUT2D eigenvalue weighted by molar-refractivity contribution is 5.79. The summed E-state index contributed by atoms with van der Waals surface area (Å²) in [7, 11) is 0. The van der Waals surface area contributed by atoms with Crippen LogP contribution < -0.4 is 0 Å². The Hall–Kier alpha value is -3.08. The lowest BCUT2D eigenvalue weighted by molar-refractivity contribution is 0.853. The average Bonchev–Trinajstić information content (AvgIpc) is 3.05. The summed E-state index contributed by atoms with van der Waals surface area (Å²) in [6.45, 7) is 0. The first kappa shape index (κ1) is 11.7. The van der Waals surface area contributed by atoms with Gasteiger partial charge in [-0.25, -0.2) is 19.6 Å². The van der Waals surface area contributed by atoms with E-state index in [9.17, 15) is 0 Å². The van der Waals surface area contributed by atoms with E-state index in [1.807, 2.05) is 48.7 Å². The number of hydrogen-bond donors (Lipinski definition) is 0. The van der Waals surface area contributed by atoms with E-state index >= 15 is 0 Å². The second kappa shape index (κ2) is 4.79. The van der Waals surface area contributed by atoms with Gasteiger partial charge < -0.3 is 0 Å². The van der Waals surface area contributed by atoms with E-state index in [-0.39, 0.29) is 0 Å². The molecular formula is C16H11N5. The van der Waals surface area contributed by atoms with Crippen LogP contribution in [-0.2, 0) is 0 Å². The first-order chi connectivity index (χ1) is 10.4. The molecule has 5 heteroatoms. The Morgan fingerprint density at radius 3 is 2.81 bits per heavy atom. The van der Waals surface area contributed by atoms with Gasteiger partial charge in [-0.1, -0.05) is 18.2 Å². The molecule has 0 saturated carbocycles. The molecule has 0 aliphatic heterocycles. The van der Waals surface area contributed by atoms with E-state index < -0.39 is 0 Å². The number of rotatable bonds is 2. The minimum absolute atomic E-state index is 0.786. The SMILES string of the molecule is c1ccc2nc(-n3cc(-c4ccncn4)cn3)ccc2c1. The summed E-state index contributed by atoms with van der Waals surface area (Å²) < 4.78 is 1.75. The van der Waals surface area contributed by atoms with Crippen LogP contribution in [0.5, 0.6) is 0 Å². The lowest BCUT2D eigenvalue weighted by Gasteiger charge is -2.02. The van der Waals surface area contributed by atoms with Crippen molar-refractivity contribution < 1.29 is 0 Å². The highest BCUT2D eigenvalue weighted by atomic mass is 15.3. The van der Waals surface area contributed by atoms with Crippen LogP contribution in [0.4, 0.5) is 0 Å². The fourth-order valence-corrected chi connectivity index (χ4v) is 2.22. The zero-order chi connectivity index (χ0) is 14.1. The van der Waals surface area contributed by atoms with E-state index in [1.54, 1.807) is 17.1 Å². The second-order valence-electron chi connectivity index (χ2n) is 4.63. The summed E-state index contributed by atoms with van der Waals surface area (Å²) in [6.07, 6.45) is 6.94. The Labute approximate surface area is 120 Å². The number of benzene rings is 1. The lowest BCUT2D eigenvalue weighted by atomic mass is 10.2. The third kappa shape index (κ3) is 2.14. The van der Waals surface area contributed by atoms with Crippen molar-refractivity contribution >= 4 is 10.9 Å². The molecule has 0 aliphatic rings. The molecule has 0 aliphatic carbocycles. The van der Waals surface area contributed by atoms with Gasteiger partial charge in [-0.05, 0) is 24.3 Å². The van der Waals surface area contributed by atoms with Crippen molar-refractivity contribution in [2.24, 2.45) is 0 Å². The molecule has 0 atom stereocenters.